The monoisotopic (exact) mass is 306 g/mol. The van der Waals surface area contributed by atoms with Crippen molar-refractivity contribution in [1.29, 1.82) is 0 Å². The molecule has 0 radical (unpaired) electrons. The van der Waals surface area contributed by atoms with Crippen molar-refractivity contribution in [3.05, 3.63) is 35.3 Å². The van der Waals surface area contributed by atoms with Gasteiger partial charge in [0, 0.05) is 27.8 Å². The first kappa shape index (κ1) is 15.5. The van der Waals surface area contributed by atoms with E-state index in [9.17, 15) is 0 Å². The highest BCUT2D eigenvalue weighted by molar-refractivity contribution is 7.99. The molecule has 2 rings (SSSR count). The Balaban J connectivity index is 2.24. The van der Waals surface area contributed by atoms with Gasteiger partial charge in [-0.3, -0.25) is 0 Å². The molecule has 1 heterocycles. The normalized spacial score (nSPS) is 14.2. The van der Waals surface area contributed by atoms with Gasteiger partial charge >= 0.3 is 0 Å². The molecule has 4 heteroatoms. The molecule has 0 bridgehead atoms. The fourth-order valence-corrected chi connectivity index (χ4v) is 3.62. The molecule has 2 nitrogen and oxygen atoms in total. The lowest BCUT2D eigenvalue weighted by molar-refractivity contribution is 0.456. The van der Waals surface area contributed by atoms with E-state index < -0.39 is 0 Å². The van der Waals surface area contributed by atoms with Gasteiger partial charge in [-0.15, -0.1) is 23.1 Å². The van der Waals surface area contributed by atoms with Crippen LogP contribution in [0.4, 0.5) is 0 Å². The number of hydrogen-bond donors (Lipinski definition) is 1. The molecule has 0 amide bonds. The molecule has 0 aliphatic rings. The fraction of sp³-hybridized carbons (Fsp3) is 0.438. The van der Waals surface area contributed by atoms with Crippen LogP contribution in [0.2, 0.25) is 0 Å². The van der Waals surface area contributed by atoms with Gasteiger partial charge in [0.2, 0.25) is 0 Å². The van der Waals surface area contributed by atoms with Crippen LogP contribution in [0.5, 0.6) is 0 Å². The molecule has 0 spiro atoms. The summed E-state index contributed by atoms with van der Waals surface area (Å²) < 4.78 is 0. The molecular weight excluding hydrogens is 284 g/mol. The van der Waals surface area contributed by atoms with Gasteiger partial charge in [0.15, 0.2) is 0 Å². The summed E-state index contributed by atoms with van der Waals surface area (Å²) in [5, 5.41) is 3.24. The number of nitrogens with zero attached hydrogens (tertiary/aromatic N) is 1. The second-order valence-electron chi connectivity index (χ2n) is 5.11. The Morgan fingerprint density at radius 2 is 1.95 bits per heavy atom. The van der Waals surface area contributed by atoms with E-state index in [0.717, 1.165) is 22.9 Å². The summed E-state index contributed by atoms with van der Waals surface area (Å²) in [7, 11) is 0. The molecule has 2 aromatic rings. The number of thiazole rings is 1. The quantitative estimate of drug-likeness (QED) is 0.796. The lowest BCUT2D eigenvalue weighted by atomic mass is 9.85. The largest absolute Gasteiger partial charge is 0.330 e. The summed E-state index contributed by atoms with van der Waals surface area (Å²) in [6, 6.07) is 8.66. The third kappa shape index (κ3) is 3.25. The Morgan fingerprint density at radius 3 is 2.50 bits per heavy atom. The number of thioether (sulfide) groups is 1. The van der Waals surface area contributed by atoms with E-state index in [1.807, 2.05) is 11.8 Å². The topological polar surface area (TPSA) is 38.9 Å². The number of aromatic nitrogens is 1. The SMILES string of the molecule is CCSc1ccc(-c2nc(C(C)(CC)CN)cs2)cc1. The van der Waals surface area contributed by atoms with Crippen LogP contribution < -0.4 is 5.73 Å². The molecule has 0 fully saturated rings. The Labute approximate surface area is 129 Å². The van der Waals surface area contributed by atoms with Gasteiger partial charge in [-0.25, -0.2) is 4.98 Å². The Morgan fingerprint density at radius 1 is 1.25 bits per heavy atom. The van der Waals surface area contributed by atoms with E-state index in [2.05, 4.69) is 50.4 Å². The molecule has 1 aromatic heterocycles. The summed E-state index contributed by atoms with van der Waals surface area (Å²) in [5.41, 5.74) is 8.22. The van der Waals surface area contributed by atoms with Crippen molar-refractivity contribution in [1.82, 2.24) is 4.98 Å². The Bertz CT molecular complexity index is 542. The number of rotatable bonds is 6. The summed E-state index contributed by atoms with van der Waals surface area (Å²) >= 11 is 3.57. The van der Waals surface area contributed by atoms with Crippen LogP contribution in [-0.2, 0) is 5.41 Å². The second kappa shape index (κ2) is 6.74. The van der Waals surface area contributed by atoms with Crippen molar-refractivity contribution in [2.45, 2.75) is 37.5 Å². The average molecular weight is 306 g/mol. The van der Waals surface area contributed by atoms with E-state index in [0.29, 0.717) is 6.54 Å². The molecular formula is C16H22N2S2. The molecule has 0 aliphatic carbocycles. The number of hydrogen-bond acceptors (Lipinski definition) is 4. The van der Waals surface area contributed by atoms with E-state index in [1.165, 1.54) is 10.5 Å². The lowest BCUT2D eigenvalue weighted by Crippen LogP contribution is -2.31. The maximum atomic E-state index is 5.91. The first-order valence-corrected chi connectivity index (χ1v) is 8.88. The van der Waals surface area contributed by atoms with Crippen LogP contribution in [-0.4, -0.2) is 17.3 Å². The molecule has 20 heavy (non-hydrogen) atoms. The van der Waals surface area contributed by atoms with E-state index >= 15 is 0 Å². The molecule has 108 valence electrons. The molecule has 0 saturated heterocycles. The standard InChI is InChI=1S/C16H22N2S2/c1-4-16(3,11-17)14-10-20-15(18-14)12-6-8-13(9-7-12)19-5-2/h6-10H,4-5,11,17H2,1-3H3. The minimum absolute atomic E-state index is 0.00719. The van der Waals surface area contributed by atoms with Gasteiger partial charge in [-0.2, -0.15) is 0 Å². The van der Waals surface area contributed by atoms with Crippen LogP contribution in [0.25, 0.3) is 10.6 Å². The molecule has 0 aliphatic heterocycles. The van der Waals surface area contributed by atoms with Crippen LogP contribution >= 0.6 is 23.1 Å². The minimum Gasteiger partial charge on any atom is -0.330 e. The van der Waals surface area contributed by atoms with Gasteiger partial charge in [0.1, 0.15) is 5.01 Å². The summed E-state index contributed by atoms with van der Waals surface area (Å²) in [4.78, 5) is 6.11. The zero-order chi connectivity index (χ0) is 14.6. The van der Waals surface area contributed by atoms with Crippen molar-refractivity contribution in [2.75, 3.05) is 12.3 Å². The number of nitrogens with two attached hydrogens (primary N) is 1. The predicted octanol–water partition coefficient (Wildman–Crippen LogP) is 4.55. The maximum Gasteiger partial charge on any atom is 0.123 e. The molecule has 1 unspecified atom stereocenters. The van der Waals surface area contributed by atoms with Gasteiger partial charge in [-0.1, -0.05) is 32.9 Å². The zero-order valence-corrected chi connectivity index (χ0v) is 14.0. The van der Waals surface area contributed by atoms with Crippen molar-refractivity contribution >= 4 is 23.1 Å². The predicted molar refractivity (Wildman–Crippen MR) is 90.6 cm³/mol. The van der Waals surface area contributed by atoms with E-state index in [-0.39, 0.29) is 5.41 Å². The summed E-state index contributed by atoms with van der Waals surface area (Å²) in [6.07, 6.45) is 1.01. The smallest absolute Gasteiger partial charge is 0.123 e. The molecule has 0 saturated carbocycles. The van der Waals surface area contributed by atoms with Crippen molar-refractivity contribution < 1.29 is 0 Å². The highest BCUT2D eigenvalue weighted by Gasteiger charge is 2.25. The third-order valence-electron chi connectivity index (χ3n) is 3.77. The van der Waals surface area contributed by atoms with Gasteiger partial charge in [0.05, 0.1) is 5.69 Å². The first-order valence-electron chi connectivity index (χ1n) is 7.02. The summed E-state index contributed by atoms with van der Waals surface area (Å²) in [5.74, 6) is 1.10. The van der Waals surface area contributed by atoms with Crippen LogP contribution in [0.3, 0.4) is 0 Å². The van der Waals surface area contributed by atoms with E-state index in [1.54, 1.807) is 11.3 Å². The lowest BCUT2D eigenvalue weighted by Gasteiger charge is -2.23. The highest BCUT2D eigenvalue weighted by Crippen LogP contribution is 2.32. The van der Waals surface area contributed by atoms with Crippen molar-refractivity contribution in [2.24, 2.45) is 5.73 Å². The van der Waals surface area contributed by atoms with Gasteiger partial charge < -0.3 is 5.73 Å². The van der Waals surface area contributed by atoms with Gasteiger partial charge in [-0.05, 0) is 24.3 Å². The fourth-order valence-electron chi connectivity index (χ4n) is 1.97. The molecule has 2 N–H and O–H groups in total. The summed E-state index contributed by atoms with van der Waals surface area (Å²) in [6.45, 7) is 7.16. The number of benzene rings is 1. The van der Waals surface area contributed by atoms with Crippen LogP contribution in [0, 0.1) is 0 Å². The maximum absolute atomic E-state index is 5.91. The van der Waals surface area contributed by atoms with Crippen LogP contribution in [0.15, 0.2) is 34.5 Å². The highest BCUT2D eigenvalue weighted by atomic mass is 32.2. The minimum atomic E-state index is -0.00719. The third-order valence-corrected chi connectivity index (χ3v) is 5.55. The zero-order valence-electron chi connectivity index (χ0n) is 12.3. The van der Waals surface area contributed by atoms with Crippen molar-refractivity contribution in [3.8, 4) is 10.6 Å². The Hall–Kier alpha value is -0.840. The van der Waals surface area contributed by atoms with Crippen LogP contribution in [0.1, 0.15) is 32.9 Å². The molecule has 1 atom stereocenters. The molecule has 1 aromatic carbocycles. The average Bonchev–Trinajstić information content (AvgIpc) is 2.98. The Kier molecular flexibility index (Phi) is 5.24. The second-order valence-corrected chi connectivity index (χ2v) is 7.31. The van der Waals surface area contributed by atoms with Gasteiger partial charge in [0.25, 0.3) is 0 Å². The first-order chi connectivity index (χ1) is 9.62. The van der Waals surface area contributed by atoms with Crippen molar-refractivity contribution in [3.63, 3.8) is 0 Å². The van der Waals surface area contributed by atoms with E-state index in [4.69, 9.17) is 10.7 Å².